The highest BCUT2D eigenvalue weighted by Crippen LogP contribution is 2.36. The van der Waals surface area contributed by atoms with Crippen LogP contribution in [0, 0.1) is 0 Å². The maximum Gasteiger partial charge on any atom is 0.225 e. The summed E-state index contributed by atoms with van der Waals surface area (Å²) in [4.78, 5) is 12.0. The van der Waals surface area contributed by atoms with E-state index in [2.05, 4.69) is 50.4 Å². The Morgan fingerprint density at radius 1 is 1.03 bits per heavy atom. The molecule has 0 aliphatic carbocycles. The molecular weight excluding hydrogens is 492 g/mol. The van der Waals surface area contributed by atoms with Gasteiger partial charge in [-0.15, -0.1) is 0 Å². The number of likely N-dealkylation sites (tertiary alicyclic amines) is 1. The summed E-state index contributed by atoms with van der Waals surface area (Å²) in [6, 6.07) is 17.9. The van der Waals surface area contributed by atoms with Crippen LogP contribution in [0.2, 0.25) is 0 Å². The molecule has 1 fully saturated rings. The molecule has 7 nitrogen and oxygen atoms in total. The van der Waals surface area contributed by atoms with E-state index >= 15 is 0 Å². The number of para-hydroxylation sites is 1. The molecule has 0 spiro atoms. The van der Waals surface area contributed by atoms with Gasteiger partial charge in [0.15, 0.2) is 0 Å². The first-order chi connectivity index (χ1) is 16.5. The number of anilines is 3. The topological polar surface area (TPSA) is 74.3 Å². The molecule has 2 aliphatic heterocycles. The van der Waals surface area contributed by atoms with E-state index in [9.17, 15) is 0 Å². The normalized spacial score (nSPS) is 16.3. The number of benzene rings is 2. The lowest BCUT2D eigenvalue weighted by Crippen LogP contribution is -2.37. The van der Waals surface area contributed by atoms with Crippen LogP contribution in [0.5, 0.6) is 11.5 Å². The quantitative estimate of drug-likeness (QED) is 0.381. The van der Waals surface area contributed by atoms with Crippen molar-refractivity contribution in [3.8, 4) is 11.5 Å². The van der Waals surface area contributed by atoms with Gasteiger partial charge in [0, 0.05) is 23.6 Å². The number of hydrogen-bond donors (Lipinski definition) is 3. The highest BCUT2D eigenvalue weighted by molar-refractivity contribution is 9.15. The van der Waals surface area contributed by atoms with E-state index in [1.807, 2.05) is 60.8 Å². The van der Waals surface area contributed by atoms with Crippen LogP contribution in [0.15, 0.2) is 67.4 Å². The molecule has 174 valence electrons. The van der Waals surface area contributed by atoms with Crippen molar-refractivity contribution in [3.05, 3.63) is 78.6 Å². The van der Waals surface area contributed by atoms with Crippen LogP contribution < -0.4 is 20.7 Å². The lowest BCUT2D eigenvalue weighted by Gasteiger charge is -2.30. The highest BCUT2D eigenvalue weighted by atomic mass is 79.9. The number of nitrogens with zero attached hydrogens (tertiary/aromatic N) is 3. The van der Waals surface area contributed by atoms with Gasteiger partial charge in [0.2, 0.25) is 5.95 Å². The van der Waals surface area contributed by atoms with Gasteiger partial charge in [-0.25, -0.2) is 4.98 Å². The molecule has 2 aliphatic rings. The van der Waals surface area contributed by atoms with E-state index in [0.717, 1.165) is 64.6 Å². The van der Waals surface area contributed by atoms with E-state index in [1.165, 1.54) is 0 Å². The monoisotopic (exact) mass is 518 g/mol. The SMILES string of the molecule is C=C1NC=C(Br)c2nc(NC3CCN(C)CC3)nc(Nc3ccc(Oc4ccccc4)cc3)c21. The standard InChI is InChI=1S/C26H27BrN6O/c1-17-23-24(22(27)16-28-17)31-26(30-19-12-14-33(2)15-13-19)32-25(23)29-18-8-10-21(11-9-18)34-20-6-4-3-5-7-20/h3-11,16,19,28H,1,12-15H2,2H3,(H2,29,30,31,32). The van der Waals surface area contributed by atoms with E-state index in [0.29, 0.717) is 17.8 Å². The zero-order valence-electron chi connectivity index (χ0n) is 19.0. The zero-order chi connectivity index (χ0) is 23.5. The Kier molecular flexibility index (Phi) is 6.51. The van der Waals surface area contributed by atoms with Gasteiger partial charge >= 0.3 is 0 Å². The van der Waals surface area contributed by atoms with Crippen LogP contribution in [0.4, 0.5) is 17.5 Å². The molecule has 0 atom stereocenters. The number of nitrogens with one attached hydrogen (secondary N) is 3. The van der Waals surface area contributed by atoms with Crippen LogP contribution in [-0.2, 0) is 0 Å². The first-order valence-corrected chi connectivity index (χ1v) is 12.1. The molecule has 0 unspecified atom stereocenters. The van der Waals surface area contributed by atoms with Gasteiger partial charge in [-0.05, 0) is 85.3 Å². The molecule has 34 heavy (non-hydrogen) atoms. The number of aromatic nitrogens is 2. The predicted octanol–water partition coefficient (Wildman–Crippen LogP) is 5.79. The van der Waals surface area contributed by atoms with Crippen molar-refractivity contribution in [3.63, 3.8) is 0 Å². The third kappa shape index (κ3) is 5.08. The van der Waals surface area contributed by atoms with E-state index in [1.54, 1.807) is 0 Å². The Hall–Kier alpha value is -3.36. The summed E-state index contributed by atoms with van der Waals surface area (Å²) >= 11 is 3.63. The Morgan fingerprint density at radius 3 is 2.47 bits per heavy atom. The minimum Gasteiger partial charge on any atom is -0.457 e. The number of fused-ring (bicyclic) bond motifs is 1. The lowest BCUT2D eigenvalue weighted by molar-refractivity contribution is 0.263. The van der Waals surface area contributed by atoms with Crippen LogP contribution >= 0.6 is 15.9 Å². The van der Waals surface area contributed by atoms with Crippen molar-refractivity contribution in [2.45, 2.75) is 18.9 Å². The molecule has 2 aromatic carbocycles. The molecule has 1 saturated heterocycles. The summed E-state index contributed by atoms with van der Waals surface area (Å²) < 4.78 is 6.77. The largest absolute Gasteiger partial charge is 0.457 e. The Balaban J connectivity index is 1.40. The van der Waals surface area contributed by atoms with Crippen molar-refractivity contribution in [1.29, 1.82) is 0 Å². The first kappa shape index (κ1) is 22.4. The van der Waals surface area contributed by atoms with Crippen molar-refractivity contribution < 1.29 is 4.74 Å². The summed E-state index contributed by atoms with van der Waals surface area (Å²) in [6.45, 7) is 6.29. The second kappa shape index (κ2) is 9.87. The average molecular weight is 519 g/mol. The molecule has 0 amide bonds. The van der Waals surface area contributed by atoms with Crippen LogP contribution in [0.3, 0.4) is 0 Å². The second-order valence-corrected chi connectivity index (χ2v) is 9.38. The predicted molar refractivity (Wildman–Crippen MR) is 141 cm³/mol. The number of piperidine rings is 1. The third-order valence-corrected chi connectivity index (χ3v) is 6.56. The fourth-order valence-electron chi connectivity index (χ4n) is 4.07. The number of ether oxygens (including phenoxy) is 1. The van der Waals surface area contributed by atoms with E-state index < -0.39 is 0 Å². The van der Waals surface area contributed by atoms with Gasteiger partial charge in [-0.1, -0.05) is 24.8 Å². The fourth-order valence-corrected chi connectivity index (χ4v) is 4.47. The van der Waals surface area contributed by atoms with Gasteiger partial charge in [-0.3, -0.25) is 0 Å². The Bertz CT molecular complexity index is 1200. The molecule has 3 aromatic rings. The van der Waals surface area contributed by atoms with Crippen LogP contribution in [0.25, 0.3) is 10.2 Å². The number of hydrogen-bond acceptors (Lipinski definition) is 7. The third-order valence-electron chi connectivity index (χ3n) is 5.96. The molecule has 8 heteroatoms. The molecule has 3 N–H and O–H groups in total. The summed E-state index contributed by atoms with van der Waals surface area (Å²) in [5.41, 5.74) is 3.29. The maximum absolute atomic E-state index is 5.91. The van der Waals surface area contributed by atoms with Crippen molar-refractivity contribution in [1.82, 2.24) is 20.2 Å². The molecular formula is C26H27BrN6O. The molecule has 3 heterocycles. The highest BCUT2D eigenvalue weighted by Gasteiger charge is 2.24. The van der Waals surface area contributed by atoms with Gasteiger partial charge in [0.05, 0.1) is 15.7 Å². The minimum absolute atomic E-state index is 0.351. The lowest BCUT2D eigenvalue weighted by atomic mass is 10.1. The summed E-state index contributed by atoms with van der Waals surface area (Å²) in [6.07, 6.45) is 3.98. The summed E-state index contributed by atoms with van der Waals surface area (Å²) in [5, 5.41) is 10.2. The number of rotatable bonds is 6. The van der Waals surface area contributed by atoms with Crippen LogP contribution in [0.1, 0.15) is 24.1 Å². The maximum atomic E-state index is 5.91. The van der Waals surface area contributed by atoms with Gasteiger partial charge in [-0.2, -0.15) is 4.98 Å². The smallest absolute Gasteiger partial charge is 0.225 e. The van der Waals surface area contributed by atoms with E-state index in [4.69, 9.17) is 14.7 Å². The van der Waals surface area contributed by atoms with Crippen LogP contribution in [-0.4, -0.2) is 41.0 Å². The van der Waals surface area contributed by atoms with Crippen molar-refractivity contribution in [2.75, 3.05) is 30.8 Å². The second-order valence-electron chi connectivity index (χ2n) is 8.52. The summed E-state index contributed by atoms with van der Waals surface area (Å²) in [7, 11) is 2.16. The Morgan fingerprint density at radius 2 is 1.74 bits per heavy atom. The van der Waals surface area contributed by atoms with Crippen molar-refractivity contribution in [2.24, 2.45) is 0 Å². The van der Waals surface area contributed by atoms with E-state index in [-0.39, 0.29) is 0 Å². The van der Waals surface area contributed by atoms with Gasteiger partial charge in [0.25, 0.3) is 0 Å². The molecule has 5 rings (SSSR count). The van der Waals surface area contributed by atoms with Crippen molar-refractivity contribution >= 4 is 43.6 Å². The molecule has 1 aromatic heterocycles. The minimum atomic E-state index is 0.351. The number of halogens is 1. The Labute approximate surface area is 208 Å². The molecule has 0 radical (unpaired) electrons. The summed E-state index contributed by atoms with van der Waals surface area (Å²) in [5.74, 6) is 2.87. The molecule has 0 saturated carbocycles. The van der Waals surface area contributed by atoms with Gasteiger partial charge < -0.3 is 25.6 Å². The molecule has 0 bridgehead atoms. The fraction of sp³-hybridized carbons (Fsp3) is 0.231. The zero-order valence-corrected chi connectivity index (χ0v) is 20.6. The first-order valence-electron chi connectivity index (χ1n) is 11.3. The van der Waals surface area contributed by atoms with Gasteiger partial charge in [0.1, 0.15) is 17.3 Å². The average Bonchev–Trinajstić information content (AvgIpc) is 2.85.